The van der Waals surface area contributed by atoms with Crippen molar-refractivity contribution in [3.63, 3.8) is 0 Å². The lowest BCUT2D eigenvalue weighted by Gasteiger charge is -2.46. The summed E-state index contributed by atoms with van der Waals surface area (Å²) in [6.07, 6.45) is 6.65. The normalized spacial score (nSPS) is 35.6. The summed E-state index contributed by atoms with van der Waals surface area (Å²) in [5.74, 6) is 0. The number of nitrogens with zero attached hydrogens (tertiary/aromatic N) is 1. The molecule has 0 aromatic heterocycles. The molecule has 0 aliphatic carbocycles. The highest BCUT2D eigenvalue weighted by Gasteiger charge is 2.43. The molecule has 0 radical (unpaired) electrons. The van der Waals surface area contributed by atoms with Crippen LogP contribution in [0.5, 0.6) is 0 Å². The monoisotopic (exact) mass is 284 g/mol. The minimum atomic E-state index is 0.0600. The Labute approximate surface area is 120 Å². The highest BCUT2D eigenvalue weighted by molar-refractivity contribution is 7.80. The highest BCUT2D eigenvalue weighted by Crippen LogP contribution is 2.38. The van der Waals surface area contributed by atoms with Gasteiger partial charge in [0, 0.05) is 25.9 Å². The average Bonchev–Trinajstić information content (AvgIpc) is 2.89. The highest BCUT2D eigenvalue weighted by atomic mass is 32.1. The first-order valence-corrected chi connectivity index (χ1v) is 7.88. The van der Waals surface area contributed by atoms with E-state index in [0.29, 0.717) is 17.1 Å². The van der Waals surface area contributed by atoms with Crippen molar-refractivity contribution in [2.24, 2.45) is 5.73 Å². The zero-order chi connectivity index (χ0) is 13.3. The molecule has 4 nitrogen and oxygen atoms in total. The van der Waals surface area contributed by atoms with Gasteiger partial charge in [-0.3, -0.25) is 4.90 Å². The van der Waals surface area contributed by atoms with Gasteiger partial charge in [0.25, 0.3) is 0 Å². The number of likely N-dealkylation sites (tertiary alicyclic amines) is 1. The molecule has 108 valence electrons. The summed E-state index contributed by atoms with van der Waals surface area (Å²) in [6, 6.07) is 0.899. The number of hydrogen-bond donors (Lipinski definition) is 1. The van der Waals surface area contributed by atoms with Crippen molar-refractivity contribution in [2.45, 2.75) is 56.2 Å². The molecule has 3 aliphatic heterocycles. The van der Waals surface area contributed by atoms with Crippen LogP contribution in [0.1, 0.15) is 38.5 Å². The second-order valence-corrected chi connectivity index (χ2v) is 6.56. The fourth-order valence-corrected chi connectivity index (χ4v) is 4.16. The molecule has 3 fully saturated rings. The Balaban J connectivity index is 1.69. The first-order valence-electron chi connectivity index (χ1n) is 7.47. The van der Waals surface area contributed by atoms with E-state index >= 15 is 0 Å². The van der Waals surface area contributed by atoms with Gasteiger partial charge in [-0.1, -0.05) is 12.2 Å². The van der Waals surface area contributed by atoms with Crippen LogP contribution in [0.2, 0.25) is 0 Å². The number of thiocarbonyl (C=S) groups is 1. The van der Waals surface area contributed by atoms with Gasteiger partial charge in [0.1, 0.15) is 0 Å². The van der Waals surface area contributed by atoms with Crippen LogP contribution in [-0.2, 0) is 9.47 Å². The van der Waals surface area contributed by atoms with Crippen LogP contribution in [0.15, 0.2) is 0 Å². The summed E-state index contributed by atoms with van der Waals surface area (Å²) in [5, 5.41) is 0. The molecule has 2 unspecified atom stereocenters. The fraction of sp³-hybridized carbons (Fsp3) is 0.929. The molecule has 0 saturated carbocycles. The molecule has 0 amide bonds. The van der Waals surface area contributed by atoms with Gasteiger partial charge in [0.05, 0.1) is 16.6 Å². The second kappa shape index (κ2) is 5.64. The van der Waals surface area contributed by atoms with Gasteiger partial charge >= 0.3 is 0 Å². The zero-order valence-electron chi connectivity index (χ0n) is 11.5. The van der Waals surface area contributed by atoms with E-state index in [1.54, 1.807) is 0 Å². The molecule has 2 atom stereocenters. The van der Waals surface area contributed by atoms with E-state index in [1.807, 2.05) is 0 Å². The van der Waals surface area contributed by atoms with Gasteiger partial charge in [-0.15, -0.1) is 0 Å². The maximum atomic E-state index is 6.12. The molecule has 3 rings (SSSR count). The maximum Gasteiger partial charge on any atom is 0.0902 e. The minimum absolute atomic E-state index is 0.0600. The lowest BCUT2D eigenvalue weighted by Crippen LogP contribution is -2.53. The zero-order valence-corrected chi connectivity index (χ0v) is 12.3. The van der Waals surface area contributed by atoms with Crippen molar-refractivity contribution in [1.82, 2.24) is 4.90 Å². The predicted molar refractivity (Wildman–Crippen MR) is 78.3 cm³/mol. The summed E-state index contributed by atoms with van der Waals surface area (Å²) in [6.45, 7) is 3.68. The standard InChI is InChI=1S/C14H24N2O2S/c15-13(19)12-2-1-6-16(12)11-3-7-18-14(10-11)4-8-17-9-5-14/h11-12H,1-10H2,(H2,15,19). The van der Waals surface area contributed by atoms with E-state index < -0.39 is 0 Å². The lowest BCUT2D eigenvalue weighted by molar-refractivity contribution is -0.151. The van der Waals surface area contributed by atoms with Crippen LogP contribution in [0.4, 0.5) is 0 Å². The first kappa shape index (κ1) is 13.7. The van der Waals surface area contributed by atoms with Gasteiger partial charge in [-0.05, 0) is 45.1 Å². The van der Waals surface area contributed by atoms with Crippen molar-refractivity contribution in [3.8, 4) is 0 Å². The minimum Gasteiger partial charge on any atom is -0.392 e. The van der Waals surface area contributed by atoms with Crippen LogP contribution >= 0.6 is 12.2 Å². The van der Waals surface area contributed by atoms with Crippen LogP contribution < -0.4 is 5.73 Å². The van der Waals surface area contributed by atoms with E-state index in [1.165, 1.54) is 6.42 Å². The van der Waals surface area contributed by atoms with E-state index in [-0.39, 0.29) is 5.60 Å². The number of hydrogen-bond acceptors (Lipinski definition) is 4. The summed E-state index contributed by atoms with van der Waals surface area (Å²) in [5.41, 5.74) is 5.96. The number of ether oxygens (including phenoxy) is 2. The molecule has 0 aromatic carbocycles. The fourth-order valence-electron chi connectivity index (χ4n) is 3.91. The number of rotatable bonds is 2. The van der Waals surface area contributed by atoms with Crippen molar-refractivity contribution < 1.29 is 9.47 Å². The maximum absolute atomic E-state index is 6.12. The van der Waals surface area contributed by atoms with Gasteiger partial charge in [0.2, 0.25) is 0 Å². The van der Waals surface area contributed by atoms with E-state index in [0.717, 1.165) is 58.5 Å². The Morgan fingerprint density at radius 2 is 2.00 bits per heavy atom. The topological polar surface area (TPSA) is 47.7 Å². The molecular formula is C14H24N2O2S. The molecule has 0 bridgehead atoms. The first-order chi connectivity index (χ1) is 9.20. The van der Waals surface area contributed by atoms with E-state index in [4.69, 9.17) is 27.4 Å². The summed E-state index contributed by atoms with van der Waals surface area (Å²) < 4.78 is 11.6. The summed E-state index contributed by atoms with van der Waals surface area (Å²) in [4.78, 5) is 3.22. The predicted octanol–water partition coefficient (Wildman–Crippen LogP) is 1.47. The van der Waals surface area contributed by atoms with Crippen LogP contribution in [0.25, 0.3) is 0 Å². The molecule has 3 saturated heterocycles. The van der Waals surface area contributed by atoms with Gasteiger partial charge in [-0.2, -0.15) is 0 Å². The largest absolute Gasteiger partial charge is 0.392 e. The molecule has 3 aliphatic rings. The Morgan fingerprint density at radius 3 is 2.74 bits per heavy atom. The van der Waals surface area contributed by atoms with Gasteiger partial charge in [-0.25, -0.2) is 0 Å². The Hall–Kier alpha value is -0.230. The summed E-state index contributed by atoms with van der Waals surface area (Å²) >= 11 is 5.23. The van der Waals surface area contributed by atoms with Gasteiger partial charge in [0.15, 0.2) is 0 Å². The molecule has 1 spiro atoms. The quantitative estimate of drug-likeness (QED) is 0.778. The van der Waals surface area contributed by atoms with E-state index in [9.17, 15) is 0 Å². The number of nitrogens with two attached hydrogens (primary N) is 1. The average molecular weight is 284 g/mol. The van der Waals surface area contributed by atoms with Crippen molar-refractivity contribution in [3.05, 3.63) is 0 Å². The smallest absolute Gasteiger partial charge is 0.0902 e. The molecule has 5 heteroatoms. The van der Waals surface area contributed by atoms with Gasteiger partial charge < -0.3 is 15.2 Å². The third-order valence-corrected chi connectivity index (χ3v) is 5.23. The van der Waals surface area contributed by atoms with Crippen molar-refractivity contribution in [2.75, 3.05) is 26.4 Å². The summed E-state index contributed by atoms with van der Waals surface area (Å²) in [7, 11) is 0. The Bertz CT molecular complexity index is 339. The van der Waals surface area contributed by atoms with Crippen LogP contribution in [0.3, 0.4) is 0 Å². The third-order valence-electron chi connectivity index (χ3n) is 4.96. The second-order valence-electron chi connectivity index (χ2n) is 6.09. The van der Waals surface area contributed by atoms with Crippen molar-refractivity contribution >= 4 is 17.2 Å². The van der Waals surface area contributed by atoms with Crippen LogP contribution in [0, 0.1) is 0 Å². The third kappa shape index (κ3) is 2.79. The SMILES string of the molecule is NC(=S)C1CCCN1C1CCOC2(CCOCC2)C1. The molecule has 3 heterocycles. The lowest BCUT2D eigenvalue weighted by atomic mass is 9.83. The Morgan fingerprint density at radius 1 is 1.21 bits per heavy atom. The molecule has 2 N–H and O–H groups in total. The van der Waals surface area contributed by atoms with E-state index in [2.05, 4.69) is 4.90 Å². The molecule has 0 aromatic rings. The molecular weight excluding hydrogens is 260 g/mol. The van der Waals surface area contributed by atoms with Crippen LogP contribution in [-0.4, -0.2) is 53.9 Å². The Kier molecular flexibility index (Phi) is 4.08. The van der Waals surface area contributed by atoms with Crippen molar-refractivity contribution in [1.29, 1.82) is 0 Å². The molecule has 19 heavy (non-hydrogen) atoms.